The number of hydrogen-bond donors (Lipinski definition) is 2. The van der Waals surface area contributed by atoms with Crippen molar-refractivity contribution in [1.82, 2.24) is 14.5 Å². The Labute approximate surface area is 124 Å². The Hall–Kier alpha value is -1.41. The first-order valence-electron chi connectivity index (χ1n) is 7.09. The summed E-state index contributed by atoms with van der Waals surface area (Å²) < 4.78 is 28.1. The van der Waals surface area contributed by atoms with Crippen LogP contribution in [0.2, 0.25) is 0 Å². The van der Waals surface area contributed by atoms with E-state index < -0.39 is 22.0 Å². The van der Waals surface area contributed by atoms with Gasteiger partial charge >= 0.3 is 5.97 Å². The van der Waals surface area contributed by atoms with E-state index in [1.807, 2.05) is 0 Å². The van der Waals surface area contributed by atoms with Crippen molar-refractivity contribution in [2.45, 2.75) is 38.1 Å². The third kappa shape index (κ3) is 4.53. The maximum atomic E-state index is 12.2. The zero-order chi connectivity index (χ0) is 15.5. The molecule has 118 valence electrons. The third-order valence-electron chi connectivity index (χ3n) is 3.78. The van der Waals surface area contributed by atoms with Gasteiger partial charge in [-0.15, -0.1) is 0 Å². The maximum absolute atomic E-state index is 12.2. The van der Waals surface area contributed by atoms with E-state index in [1.54, 1.807) is 7.05 Å². The highest BCUT2D eigenvalue weighted by molar-refractivity contribution is 7.89. The Kier molecular flexibility index (Phi) is 5.00. The van der Waals surface area contributed by atoms with Crippen molar-refractivity contribution in [3.63, 3.8) is 0 Å². The Morgan fingerprint density at radius 2 is 2.14 bits per heavy atom. The maximum Gasteiger partial charge on any atom is 0.326 e. The summed E-state index contributed by atoms with van der Waals surface area (Å²) >= 11 is 0. The van der Waals surface area contributed by atoms with Gasteiger partial charge in [0, 0.05) is 18.8 Å². The van der Waals surface area contributed by atoms with E-state index in [4.69, 9.17) is 0 Å². The molecule has 0 radical (unpaired) electrons. The second-order valence-corrected chi connectivity index (χ2v) is 7.42. The van der Waals surface area contributed by atoms with Gasteiger partial charge in [-0.25, -0.2) is 8.42 Å². The zero-order valence-electron chi connectivity index (χ0n) is 12.0. The molecule has 0 aliphatic heterocycles. The topological polar surface area (TPSA) is 101 Å². The smallest absolute Gasteiger partial charge is 0.326 e. The largest absolute Gasteiger partial charge is 0.480 e. The summed E-state index contributed by atoms with van der Waals surface area (Å²) in [5.41, 5.74) is 0.331. The van der Waals surface area contributed by atoms with E-state index in [9.17, 15) is 18.3 Å². The highest BCUT2D eigenvalue weighted by atomic mass is 32.2. The molecule has 8 heteroatoms. The molecule has 0 bridgehead atoms. The Morgan fingerprint density at radius 3 is 2.67 bits per heavy atom. The molecular formula is C13H21N3O4S. The number of aliphatic carboxylic acids is 1. The number of carbonyl (C=O) groups is 1. The lowest BCUT2D eigenvalue weighted by atomic mass is 9.91. The van der Waals surface area contributed by atoms with E-state index in [1.165, 1.54) is 17.1 Å². The molecule has 7 nitrogen and oxygen atoms in total. The highest BCUT2D eigenvalue weighted by Crippen LogP contribution is 2.25. The van der Waals surface area contributed by atoms with Crippen LogP contribution in [0.3, 0.4) is 0 Å². The van der Waals surface area contributed by atoms with E-state index >= 15 is 0 Å². The molecule has 1 atom stereocenters. The average Bonchev–Trinajstić information content (AvgIpc) is 2.83. The fraction of sp³-hybridized carbons (Fsp3) is 0.692. The first-order valence-corrected chi connectivity index (χ1v) is 8.74. The molecule has 1 aromatic rings. The van der Waals surface area contributed by atoms with Crippen LogP contribution in [-0.4, -0.2) is 35.0 Å². The first-order chi connectivity index (χ1) is 9.87. The minimum Gasteiger partial charge on any atom is -0.480 e. The number of sulfonamides is 1. The van der Waals surface area contributed by atoms with Crippen LogP contribution in [-0.2, 0) is 21.9 Å². The summed E-state index contributed by atoms with van der Waals surface area (Å²) in [6.07, 6.45) is 7.90. The predicted molar refractivity (Wildman–Crippen MR) is 77.1 cm³/mol. The zero-order valence-corrected chi connectivity index (χ0v) is 12.8. The van der Waals surface area contributed by atoms with Gasteiger partial charge in [0.1, 0.15) is 6.04 Å². The number of aryl methyl sites for hydroxylation is 1. The van der Waals surface area contributed by atoms with Crippen molar-refractivity contribution in [2.75, 3.05) is 5.75 Å². The van der Waals surface area contributed by atoms with Crippen molar-refractivity contribution in [3.05, 3.63) is 18.0 Å². The fourth-order valence-electron chi connectivity index (χ4n) is 2.74. The van der Waals surface area contributed by atoms with Crippen molar-refractivity contribution < 1.29 is 18.3 Å². The molecule has 1 fully saturated rings. The van der Waals surface area contributed by atoms with Crippen molar-refractivity contribution in [1.29, 1.82) is 0 Å². The molecule has 2 N–H and O–H groups in total. The van der Waals surface area contributed by atoms with Gasteiger partial charge in [-0.2, -0.15) is 9.82 Å². The van der Waals surface area contributed by atoms with Gasteiger partial charge in [0.05, 0.1) is 11.9 Å². The lowest BCUT2D eigenvalue weighted by Crippen LogP contribution is -2.37. The molecule has 0 aromatic carbocycles. The van der Waals surface area contributed by atoms with Crippen LogP contribution in [0.4, 0.5) is 0 Å². The van der Waals surface area contributed by atoms with Gasteiger partial charge in [-0.3, -0.25) is 9.48 Å². The van der Waals surface area contributed by atoms with Gasteiger partial charge in [-0.05, 0) is 18.8 Å². The minimum absolute atomic E-state index is 0.00293. The molecule has 1 heterocycles. The first kappa shape index (κ1) is 16.0. The number of nitrogens with zero attached hydrogens (tertiary/aromatic N) is 2. The van der Waals surface area contributed by atoms with Crippen molar-refractivity contribution >= 4 is 16.0 Å². The van der Waals surface area contributed by atoms with Gasteiger partial charge < -0.3 is 5.11 Å². The summed E-state index contributed by atoms with van der Waals surface area (Å²) in [4.78, 5) is 11.3. The Balaban J connectivity index is 2.06. The van der Waals surface area contributed by atoms with Gasteiger partial charge in [0.2, 0.25) is 10.0 Å². The molecule has 0 amide bonds. The van der Waals surface area contributed by atoms with E-state index in [0.717, 1.165) is 32.1 Å². The second-order valence-electron chi connectivity index (χ2n) is 5.62. The van der Waals surface area contributed by atoms with E-state index in [2.05, 4.69) is 9.82 Å². The molecule has 2 rings (SSSR count). The molecular weight excluding hydrogens is 294 g/mol. The number of nitrogens with one attached hydrogen (secondary N) is 1. The minimum atomic E-state index is -3.63. The third-order valence-corrected chi connectivity index (χ3v) is 5.29. The van der Waals surface area contributed by atoms with Crippen LogP contribution < -0.4 is 4.72 Å². The summed E-state index contributed by atoms with van der Waals surface area (Å²) in [6, 6.07) is -1.28. The monoisotopic (exact) mass is 315 g/mol. The van der Waals surface area contributed by atoms with E-state index in [0.29, 0.717) is 5.56 Å². The Morgan fingerprint density at radius 1 is 1.48 bits per heavy atom. The quantitative estimate of drug-likeness (QED) is 0.817. The molecule has 0 saturated heterocycles. The van der Waals surface area contributed by atoms with Gasteiger partial charge in [0.15, 0.2) is 0 Å². The predicted octanol–water partition coefficient (Wildman–Crippen LogP) is 1.05. The molecule has 1 aliphatic rings. The number of carboxylic acid groups (broad SMARTS) is 1. The van der Waals surface area contributed by atoms with Crippen molar-refractivity contribution in [2.24, 2.45) is 13.0 Å². The van der Waals surface area contributed by atoms with Crippen LogP contribution in [0.15, 0.2) is 12.4 Å². The van der Waals surface area contributed by atoms with Crippen LogP contribution in [0, 0.1) is 5.92 Å². The summed E-state index contributed by atoms with van der Waals surface area (Å²) in [6.45, 7) is 0. The molecule has 1 aliphatic carbocycles. The van der Waals surface area contributed by atoms with Crippen LogP contribution in [0.1, 0.15) is 43.7 Å². The molecule has 1 saturated carbocycles. The summed E-state index contributed by atoms with van der Waals surface area (Å²) in [5.74, 6) is -1.10. The standard InChI is InChI=1S/C13H21N3O4S/c1-16-8-11(7-14-16)12(13(17)18)15-21(19,20)9-10-5-3-2-4-6-10/h7-8,10,12,15H,2-6,9H2,1H3,(H,17,18). The van der Waals surface area contributed by atoms with Crippen LogP contribution in [0.5, 0.6) is 0 Å². The SMILES string of the molecule is Cn1cc(C(NS(=O)(=O)CC2CCCCC2)C(=O)O)cn1. The number of rotatable bonds is 6. The number of aromatic nitrogens is 2. The second kappa shape index (κ2) is 6.57. The normalized spacial score (nSPS) is 18.5. The van der Waals surface area contributed by atoms with E-state index in [-0.39, 0.29) is 11.7 Å². The van der Waals surface area contributed by atoms with Crippen LogP contribution >= 0.6 is 0 Å². The molecule has 21 heavy (non-hydrogen) atoms. The summed E-state index contributed by atoms with van der Waals surface area (Å²) in [5, 5.41) is 13.1. The molecule has 0 spiro atoms. The fourth-order valence-corrected chi connectivity index (χ4v) is 4.39. The Bertz CT molecular complexity index is 590. The van der Waals surface area contributed by atoms with Crippen molar-refractivity contribution in [3.8, 4) is 0 Å². The highest BCUT2D eigenvalue weighted by Gasteiger charge is 2.29. The molecule has 1 aromatic heterocycles. The van der Waals surface area contributed by atoms with Gasteiger partial charge in [-0.1, -0.05) is 19.3 Å². The number of hydrogen-bond acceptors (Lipinski definition) is 4. The summed E-state index contributed by atoms with van der Waals surface area (Å²) in [7, 11) is -1.98. The lowest BCUT2D eigenvalue weighted by Gasteiger charge is -2.22. The number of carboxylic acids is 1. The van der Waals surface area contributed by atoms with Gasteiger partial charge in [0.25, 0.3) is 0 Å². The average molecular weight is 315 g/mol. The molecule has 1 unspecified atom stereocenters. The van der Waals surface area contributed by atoms with Crippen LogP contribution in [0.25, 0.3) is 0 Å². The lowest BCUT2D eigenvalue weighted by molar-refractivity contribution is -0.139.